The molecule has 4 rings (SSSR count). The van der Waals surface area contributed by atoms with Crippen LogP contribution in [0.25, 0.3) is 11.0 Å². The normalized spacial score (nSPS) is 10.8. The highest BCUT2D eigenvalue weighted by Crippen LogP contribution is 2.30. The van der Waals surface area contributed by atoms with E-state index in [1.165, 1.54) is 0 Å². The van der Waals surface area contributed by atoms with Crippen LogP contribution in [0, 0.1) is 0 Å². The number of halogens is 1. The van der Waals surface area contributed by atoms with E-state index in [1.54, 1.807) is 30.8 Å². The van der Waals surface area contributed by atoms with Crippen molar-refractivity contribution in [3.8, 4) is 5.88 Å². The second kappa shape index (κ2) is 6.78. The Labute approximate surface area is 148 Å². The largest absolute Gasteiger partial charge is 0.469 e. The first kappa shape index (κ1) is 15.4. The average molecular weight is 353 g/mol. The van der Waals surface area contributed by atoms with E-state index in [2.05, 4.69) is 20.5 Å². The molecule has 0 aliphatic heterocycles. The van der Waals surface area contributed by atoms with Crippen molar-refractivity contribution in [3.63, 3.8) is 0 Å². The lowest BCUT2D eigenvalue weighted by Gasteiger charge is -2.09. The predicted molar refractivity (Wildman–Crippen MR) is 95.1 cm³/mol. The number of hydrogen-bond donors (Lipinski definition) is 1. The summed E-state index contributed by atoms with van der Waals surface area (Å²) >= 11 is 5.91. The summed E-state index contributed by atoms with van der Waals surface area (Å²) in [5.41, 5.74) is 2.38. The molecule has 4 aromatic rings. The molecule has 1 aromatic carbocycles. The minimum Gasteiger partial charge on any atom is -0.469 e. The Morgan fingerprint density at radius 2 is 1.80 bits per heavy atom. The molecule has 6 nitrogen and oxygen atoms in total. The fraction of sp³-hybridized carbons (Fsp3) is 0.0556. The van der Waals surface area contributed by atoms with Crippen LogP contribution >= 0.6 is 11.6 Å². The first-order valence-electron chi connectivity index (χ1n) is 7.58. The molecule has 7 heteroatoms. The fourth-order valence-electron chi connectivity index (χ4n) is 2.34. The van der Waals surface area contributed by atoms with Gasteiger partial charge in [0.1, 0.15) is 6.61 Å². The summed E-state index contributed by atoms with van der Waals surface area (Å²) < 4.78 is 11.3. The molecular formula is C18H13ClN4O2. The van der Waals surface area contributed by atoms with Gasteiger partial charge in [0.05, 0.1) is 11.6 Å². The van der Waals surface area contributed by atoms with Crippen molar-refractivity contribution >= 4 is 34.1 Å². The number of nitrogens with zero attached hydrogens (tertiary/aromatic N) is 3. The topological polar surface area (TPSA) is 73.1 Å². The van der Waals surface area contributed by atoms with Crippen molar-refractivity contribution in [2.45, 2.75) is 6.61 Å². The van der Waals surface area contributed by atoms with Gasteiger partial charge in [-0.3, -0.25) is 4.98 Å². The number of pyridine rings is 1. The number of aromatic nitrogens is 3. The second-order valence-corrected chi connectivity index (χ2v) is 5.73. The lowest BCUT2D eigenvalue weighted by molar-refractivity contribution is 0.289. The van der Waals surface area contributed by atoms with Gasteiger partial charge in [0.25, 0.3) is 5.88 Å². The van der Waals surface area contributed by atoms with Crippen LogP contribution in [0.4, 0.5) is 11.5 Å². The summed E-state index contributed by atoms with van der Waals surface area (Å²) in [6.07, 6.45) is 5.01. The number of fused-ring (bicyclic) bond motifs is 1. The van der Waals surface area contributed by atoms with E-state index >= 15 is 0 Å². The number of anilines is 2. The average Bonchev–Trinajstić information content (AvgIpc) is 3.14. The second-order valence-electron chi connectivity index (χ2n) is 5.29. The summed E-state index contributed by atoms with van der Waals surface area (Å²) in [5, 5.41) is 13.0. The number of rotatable bonds is 5. The quantitative estimate of drug-likeness (QED) is 0.566. The third-order valence-corrected chi connectivity index (χ3v) is 3.84. The van der Waals surface area contributed by atoms with Crippen LogP contribution in [0.5, 0.6) is 5.88 Å². The van der Waals surface area contributed by atoms with Gasteiger partial charge in [-0.05, 0) is 48.0 Å². The monoisotopic (exact) mass is 352 g/mol. The molecule has 0 radical (unpaired) electrons. The lowest BCUT2D eigenvalue weighted by atomic mass is 10.3. The van der Waals surface area contributed by atoms with Crippen molar-refractivity contribution in [1.29, 1.82) is 0 Å². The molecule has 0 amide bonds. The van der Waals surface area contributed by atoms with Crippen LogP contribution in [0.3, 0.4) is 0 Å². The van der Waals surface area contributed by atoms with E-state index in [9.17, 15) is 0 Å². The van der Waals surface area contributed by atoms with E-state index < -0.39 is 0 Å². The highest BCUT2D eigenvalue weighted by atomic mass is 35.5. The summed E-state index contributed by atoms with van der Waals surface area (Å²) in [5.74, 6) is 0.931. The van der Waals surface area contributed by atoms with E-state index in [0.717, 1.165) is 16.6 Å². The summed E-state index contributed by atoms with van der Waals surface area (Å²) in [6, 6.07) is 12.9. The molecule has 1 N–H and O–H groups in total. The van der Waals surface area contributed by atoms with Gasteiger partial charge >= 0.3 is 0 Å². The Morgan fingerprint density at radius 1 is 1.00 bits per heavy atom. The molecule has 0 aliphatic rings. The molecule has 3 aromatic heterocycles. The minimum absolute atomic E-state index is 0.346. The SMILES string of the molecule is Clc1ccc(Nc2nnc(OCc3ccncc3)c3occc23)cc1. The molecule has 0 atom stereocenters. The molecule has 0 spiro atoms. The van der Waals surface area contributed by atoms with Crippen LogP contribution in [0.2, 0.25) is 5.02 Å². The van der Waals surface area contributed by atoms with Gasteiger partial charge in [0.15, 0.2) is 5.82 Å². The van der Waals surface area contributed by atoms with E-state index in [4.69, 9.17) is 20.8 Å². The number of benzene rings is 1. The smallest absolute Gasteiger partial charge is 0.278 e. The number of nitrogens with one attached hydrogen (secondary N) is 1. The summed E-state index contributed by atoms with van der Waals surface area (Å²) in [4.78, 5) is 3.98. The van der Waals surface area contributed by atoms with Gasteiger partial charge in [-0.25, -0.2) is 0 Å². The maximum Gasteiger partial charge on any atom is 0.278 e. The number of hydrogen-bond acceptors (Lipinski definition) is 6. The van der Waals surface area contributed by atoms with Crippen molar-refractivity contribution in [3.05, 3.63) is 71.7 Å². The maximum atomic E-state index is 5.91. The van der Waals surface area contributed by atoms with E-state index in [-0.39, 0.29) is 0 Å². The van der Waals surface area contributed by atoms with Crippen LogP contribution in [-0.2, 0) is 6.61 Å². The standard InChI is InChI=1S/C18H13ClN4O2/c19-13-1-3-14(4-2-13)21-17-15-7-10-24-16(15)18(23-22-17)25-11-12-5-8-20-9-6-12/h1-10H,11H2,(H,21,22). The van der Waals surface area contributed by atoms with Gasteiger partial charge < -0.3 is 14.5 Å². The molecule has 0 fully saturated rings. The molecule has 124 valence electrons. The van der Waals surface area contributed by atoms with Crippen molar-refractivity contribution in [1.82, 2.24) is 15.2 Å². The van der Waals surface area contributed by atoms with Gasteiger partial charge in [-0.1, -0.05) is 11.6 Å². The van der Waals surface area contributed by atoms with Gasteiger partial charge in [-0.15, -0.1) is 10.2 Å². The third-order valence-electron chi connectivity index (χ3n) is 3.59. The van der Waals surface area contributed by atoms with E-state index in [1.807, 2.05) is 30.3 Å². The lowest BCUT2D eigenvalue weighted by Crippen LogP contribution is -2.01. The zero-order valence-corrected chi connectivity index (χ0v) is 13.8. The van der Waals surface area contributed by atoms with Crippen molar-refractivity contribution < 1.29 is 9.15 Å². The van der Waals surface area contributed by atoms with Crippen LogP contribution in [-0.4, -0.2) is 15.2 Å². The minimum atomic E-state index is 0.346. The van der Waals surface area contributed by atoms with Crippen molar-refractivity contribution in [2.24, 2.45) is 0 Å². The van der Waals surface area contributed by atoms with Gasteiger partial charge in [0.2, 0.25) is 5.58 Å². The molecule has 25 heavy (non-hydrogen) atoms. The molecule has 0 unspecified atom stereocenters. The third kappa shape index (κ3) is 3.39. The summed E-state index contributed by atoms with van der Waals surface area (Å²) in [6.45, 7) is 0.358. The van der Waals surface area contributed by atoms with E-state index in [0.29, 0.717) is 28.9 Å². The first-order chi connectivity index (χ1) is 12.3. The highest BCUT2D eigenvalue weighted by molar-refractivity contribution is 6.30. The van der Waals surface area contributed by atoms with Gasteiger partial charge in [0, 0.05) is 23.1 Å². The Bertz CT molecular complexity index is 987. The highest BCUT2D eigenvalue weighted by Gasteiger charge is 2.14. The molecule has 3 heterocycles. The molecule has 0 saturated heterocycles. The Balaban J connectivity index is 1.59. The number of furan rings is 1. The molecule has 0 bridgehead atoms. The fourth-order valence-corrected chi connectivity index (χ4v) is 2.47. The van der Waals surface area contributed by atoms with Crippen LogP contribution < -0.4 is 10.1 Å². The van der Waals surface area contributed by atoms with Crippen LogP contribution in [0.1, 0.15) is 5.56 Å². The predicted octanol–water partition coefficient (Wildman–Crippen LogP) is 4.59. The Hall–Kier alpha value is -3.12. The van der Waals surface area contributed by atoms with Crippen LogP contribution in [0.15, 0.2) is 65.5 Å². The van der Waals surface area contributed by atoms with Gasteiger partial charge in [-0.2, -0.15) is 0 Å². The number of ether oxygens (including phenoxy) is 1. The Kier molecular flexibility index (Phi) is 4.18. The van der Waals surface area contributed by atoms with Crippen molar-refractivity contribution in [2.75, 3.05) is 5.32 Å². The zero-order valence-electron chi connectivity index (χ0n) is 13.0. The first-order valence-corrected chi connectivity index (χ1v) is 7.95. The molecule has 0 aliphatic carbocycles. The Morgan fingerprint density at radius 3 is 2.60 bits per heavy atom. The molecular weight excluding hydrogens is 340 g/mol. The summed E-state index contributed by atoms with van der Waals surface area (Å²) in [7, 11) is 0. The molecule has 0 saturated carbocycles. The zero-order chi connectivity index (χ0) is 17.1. The maximum absolute atomic E-state index is 5.91.